The molecule has 0 aliphatic carbocycles. The van der Waals surface area contributed by atoms with Crippen molar-refractivity contribution in [2.45, 2.75) is 39.3 Å². The maximum absolute atomic E-state index is 11.5. The van der Waals surface area contributed by atoms with Crippen molar-refractivity contribution in [2.24, 2.45) is 0 Å². The predicted molar refractivity (Wildman–Crippen MR) is 112 cm³/mol. The van der Waals surface area contributed by atoms with Crippen molar-refractivity contribution in [3.05, 3.63) is 60.2 Å². The van der Waals surface area contributed by atoms with Crippen LogP contribution in [0.1, 0.15) is 39.3 Å². The van der Waals surface area contributed by atoms with E-state index in [9.17, 15) is 4.79 Å². The van der Waals surface area contributed by atoms with Crippen LogP contribution in [0.4, 0.5) is 4.79 Å². The fourth-order valence-electron chi connectivity index (χ4n) is 2.64. The highest BCUT2D eigenvalue weighted by molar-refractivity contribution is 5.86. The Morgan fingerprint density at radius 2 is 1.93 bits per heavy atom. The summed E-state index contributed by atoms with van der Waals surface area (Å²) in [5, 5.41) is 8.61. The molecule has 0 saturated heterocycles. The number of amides is 1. The van der Waals surface area contributed by atoms with E-state index < -0.39 is 11.7 Å². The summed E-state index contributed by atoms with van der Waals surface area (Å²) >= 11 is 0. The van der Waals surface area contributed by atoms with Crippen molar-refractivity contribution < 1.29 is 9.53 Å². The van der Waals surface area contributed by atoms with E-state index in [-0.39, 0.29) is 12.6 Å². The van der Waals surface area contributed by atoms with Crippen molar-refractivity contribution in [2.75, 3.05) is 13.1 Å². The Morgan fingerprint density at radius 1 is 1.19 bits per heavy atom. The SMILES string of the molecule is C[C@@H](NC/C=C/C#CCNC(=O)OC(C)(C)C)c1cccc2ccccc12. The molecule has 27 heavy (non-hydrogen) atoms. The summed E-state index contributed by atoms with van der Waals surface area (Å²) in [5.41, 5.74) is 0.790. The second kappa shape index (κ2) is 9.80. The number of nitrogens with one attached hydrogen (secondary N) is 2. The summed E-state index contributed by atoms with van der Waals surface area (Å²) < 4.78 is 5.14. The molecule has 0 saturated carbocycles. The van der Waals surface area contributed by atoms with Crippen LogP contribution in [0.25, 0.3) is 10.8 Å². The third-order valence-electron chi connectivity index (χ3n) is 3.86. The summed E-state index contributed by atoms with van der Waals surface area (Å²) in [7, 11) is 0. The van der Waals surface area contributed by atoms with Crippen LogP contribution in [0.3, 0.4) is 0 Å². The zero-order valence-electron chi connectivity index (χ0n) is 16.5. The monoisotopic (exact) mass is 364 g/mol. The highest BCUT2D eigenvalue weighted by atomic mass is 16.6. The third kappa shape index (κ3) is 7.16. The third-order valence-corrected chi connectivity index (χ3v) is 3.86. The number of hydrogen-bond acceptors (Lipinski definition) is 3. The van der Waals surface area contributed by atoms with Gasteiger partial charge in [-0.05, 0) is 50.1 Å². The van der Waals surface area contributed by atoms with E-state index in [1.54, 1.807) is 6.08 Å². The van der Waals surface area contributed by atoms with Crippen LogP contribution < -0.4 is 10.6 Å². The minimum atomic E-state index is -0.496. The first-order valence-corrected chi connectivity index (χ1v) is 9.18. The normalized spacial score (nSPS) is 12.4. The molecule has 2 N–H and O–H groups in total. The second-order valence-corrected chi connectivity index (χ2v) is 7.28. The van der Waals surface area contributed by atoms with E-state index in [2.05, 4.69) is 71.9 Å². The average Bonchev–Trinajstić information content (AvgIpc) is 2.61. The Bertz CT molecular complexity index is 849. The molecule has 142 valence electrons. The van der Waals surface area contributed by atoms with E-state index in [1.807, 2.05) is 26.8 Å². The Balaban J connectivity index is 1.75. The number of benzene rings is 2. The number of rotatable bonds is 5. The van der Waals surface area contributed by atoms with Crippen molar-refractivity contribution in [1.82, 2.24) is 10.6 Å². The van der Waals surface area contributed by atoms with Crippen LogP contribution in [0.5, 0.6) is 0 Å². The van der Waals surface area contributed by atoms with Crippen LogP contribution >= 0.6 is 0 Å². The van der Waals surface area contributed by atoms with E-state index in [0.717, 1.165) is 6.54 Å². The zero-order chi connectivity index (χ0) is 19.7. The standard InChI is InChI=1S/C23H28N2O2/c1-18(20-15-11-13-19-12-7-8-14-21(19)20)24-16-9-5-6-10-17-25-22(26)27-23(2,3)4/h5,7-9,11-15,18,24H,16-17H2,1-4H3,(H,25,26)/b9-5+/t18-/m1/s1. The average molecular weight is 364 g/mol. The zero-order valence-corrected chi connectivity index (χ0v) is 16.5. The highest BCUT2D eigenvalue weighted by Crippen LogP contribution is 2.23. The molecule has 0 aliphatic heterocycles. The van der Waals surface area contributed by atoms with E-state index >= 15 is 0 Å². The number of carbonyl (C=O) groups is 1. The summed E-state index contributed by atoms with van der Waals surface area (Å²) in [6.45, 7) is 8.62. The summed E-state index contributed by atoms with van der Waals surface area (Å²) in [6.07, 6.45) is 3.31. The largest absolute Gasteiger partial charge is 0.444 e. The molecule has 2 rings (SSSR count). The minimum absolute atomic E-state index is 0.238. The van der Waals surface area contributed by atoms with E-state index in [0.29, 0.717) is 0 Å². The number of alkyl carbamates (subject to hydrolysis) is 1. The van der Waals surface area contributed by atoms with Gasteiger partial charge in [-0.1, -0.05) is 60.4 Å². The molecule has 0 unspecified atom stereocenters. The molecule has 0 aliphatic rings. The van der Waals surface area contributed by atoms with Crippen LogP contribution in [0, 0.1) is 11.8 Å². The molecular formula is C23H28N2O2. The first-order valence-electron chi connectivity index (χ1n) is 9.18. The van der Waals surface area contributed by atoms with Gasteiger partial charge in [0, 0.05) is 12.6 Å². The smallest absolute Gasteiger partial charge is 0.408 e. The summed E-state index contributed by atoms with van der Waals surface area (Å²) in [5.74, 6) is 5.78. The molecule has 4 nitrogen and oxygen atoms in total. The van der Waals surface area contributed by atoms with Gasteiger partial charge < -0.3 is 15.4 Å². The maximum Gasteiger partial charge on any atom is 0.408 e. The first-order chi connectivity index (χ1) is 12.9. The molecule has 1 amide bonds. The molecular weight excluding hydrogens is 336 g/mol. The van der Waals surface area contributed by atoms with Gasteiger partial charge in [-0.25, -0.2) is 4.79 Å². The molecule has 0 fully saturated rings. The minimum Gasteiger partial charge on any atom is -0.444 e. The van der Waals surface area contributed by atoms with E-state index in [4.69, 9.17) is 4.74 Å². The Labute approximate surface area is 162 Å². The van der Waals surface area contributed by atoms with Gasteiger partial charge in [0.05, 0.1) is 6.54 Å². The Morgan fingerprint density at radius 3 is 2.70 bits per heavy atom. The molecule has 0 radical (unpaired) electrons. The number of fused-ring (bicyclic) bond motifs is 1. The Hall–Kier alpha value is -2.77. The van der Waals surface area contributed by atoms with Crippen molar-refractivity contribution in [3.8, 4) is 11.8 Å². The molecule has 0 bridgehead atoms. The van der Waals surface area contributed by atoms with Crippen molar-refractivity contribution >= 4 is 16.9 Å². The predicted octanol–water partition coefficient (Wildman–Crippen LogP) is 4.57. The van der Waals surface area contributed by atoms with Gasteiger partial charge in [0.1, 0.15) is 5.60 Å². The Kier molecular flexibility index (Phi) is 7.45. The summed E-state index contributed by atoms with van der Waals surface area (Å²) in [6, 6.07) is 15.0. The molecule has 0 aromatic heterocycles. The van der Waals surface area contributed by atoms with Crippen molar-refractivity contribution in [3.63, 3.8) is 0 Å². The maximum atomic E-state index is 11.5. The number of ether oxygens (including phenoxy) is 1. The fourth-order valence-corrected chi connectivity index (χ4v) is 2.64. The van der Waals surface area contributed by atoms with Gasteiger partial charge in [-0.2, -0.15) is 0 Å². The van der Waals surface area contributed by atoms with Crippen LogP contribution in [-0.4, -0.2) is 24.8 Å². The molecule has 2 aromatic rings. The molecule has 2 aromatic carbocycles. The van der Waals surface area contributed by atoms with Gasteiger partial charge in [0.2, 0.25) is 0 Å². The van der Waals surface area contributed by atoms with Gasteiger partial charge in [0.15, 0.2) is 0 Å². The van der Waals surface area contributed by atoms with Crippen LogP contribution in [-0.2, 0) is 4.74 Å². The van der Waals surface area contributed by atoms with Crippen LogP contribution in [0.15, 0.2) is 54.6 Å². The quantitative estimate of drug-likeness (QED) is 0.764. The second-order valence-electron chi connectivity index (χ2n) is 7.28. The lowest BCUT2D eigenvalue weighted by molar-refractivity contribution is 0.0535. The first kappa shape index (κ1) is 20.5. The number of hydrogen-bond donors (Lipinski definition) is 2. The number of carbonyl (C=O) groups excluding carboxylic acids is 1. The van der Waals surface area contributed by atoms with Gasteiger partial charge in [-0.15, -0.1) is 0 Å². The molecule has 0 heterocycles. The lowest BCUT2D eigenvalue weighted by Gasteiger charge is -2.18. The van der Waals surface area contributed by atoms with Crippen molar-refractivity contribution in [1.29, 1.82) is 0 Å². The topological polar surface area (TPSA) is 50.4 Å². The molecule has 4 heteroatoms. The highest BCUT2D eigenvalue weighted by Gasteiger charge is 2.14. The van der Waals surface area contributed by atoms with Gasteiger partial charge in [-0.3, -0.25) is 0 Å². The van der Waals surface area contributed by atoms with Crippen LogP contribution in [0.2, 0.25) is 0 Å². The van der Waals surface area contributed by atoms with Gasteiger partial charge in [0.25, 0.3) is 0 Å². The fraction of sp³-hybridized carbons (Fsp3) is 0.348. The lowest BCUT2D eigenvalue weighted by atomic mass is 10.00. The van der Waals surface area contributed by atoms with Gasteiger partial charge >= 0.3 is 6.09 Å². The summed E-state index contributed by atoms with van der Waals surface area (Å²) in [4.78, 5) is 11.5. The molecule has 1 atom stereocenters. The molecule has 0 spiro atoms. The number of allylic oxidation sites excluding steroid dienone is 1. The van der Waals surface area contributed by atoms with E-state index in [1.165, 1.54) is 16.3 Å². The lowest BCUT2D eigenvalue weighted by Crippen LogP contribution is -2.32.